The van der Waals surface area contributed by atoms with Crippen molar-refractivity contribution in [1.29, 1.82) is 0 Å². The number of aromatic nitrogens is 1. The van der Waals surface area contributed by atoms with Crippen molar-refractivity contribution in [2.24, 2.45) is 16.6 Å². The Kier molecular flexibility index (Phi) is 7.43. The fourth-order valence-corrected chi connectivity index (χ4v) is 3.41. The smallest absolute Gasteiger partial charge is 0.222 e. The molecule has 6 nitrogen and oxygen atoms in total. The van der Waals surface area contributed by atoms with Gasteiger partial charge < -0.3 is 20.9 Å². The molecular formula is C23H28FN5O. The molecule has 4 N–H and O–H groups in total. The number of amides is 1. The zero-order valence-electron chi connectivity index (χ0n) is 17.1. The molecule has 0 aliphatic heterocycles. The molecule has 0 spiro atoms. The summed E-state index contributed by atoms with van der Waals surface area (Å²) >= 11 is 0. The lowest BCUT2D eigenvalue weighted by Gasteiger charge is -2.17. The van der Waals surface area contributed by atoms with Crippen LogP contribution in [-0.2, 0) is 17.8 Å². The molecule has 0 saturated heterocycles. The van der Waals surface area contributed by atoms with Gasteiger partial charge >= 0.3 is 0 Å². The summed E-state index contributed by atoms with van der Waals surface area (Å²) in [6.07, 6.45) is 3.47. The third-order valence-corrected chi connectivity index (χ3v) is 5.09. The molecule has 0 saturated carbocycles. The van der Waals surface area contributed by atoms with E-state index in [0.717, 1.165) is 25.1 Å². The summed E-state index contributed by atoms with van der Waals surface area (Å²) in [4.78, 5) is 16.0. The van der Waals surface area contributed by atoms with E-state index in [2.05, 4.69) is 44.6 Å². The first-order valence-corrected chi connectivity index (χ1v) is 10.1. The summed E-state index contributed by atoms with van der Waals surface area (Å²) in [5.74, 6) is -0.496. The molecule has 3 rings (SSSR count). The van der Waals surface area contributed by atoms with Crippen molar-refractivity contribution >= 4 is 22.8 Å². The van der Waals surface area contributed by atoms with Crippen LogP contribution in [-0.4, -0.2) is 36.6 Å². The van der Waals surface area contributed by atoms with Gasteiger partial charge in [-0.15, -0.1) is 0 Å². The van der Waals surface area contributed by atoms with Crippen LogP contribution in [0.1, 0.15) is 12.0 Å². The number of para-hydroxylation sites is 1. The van der Waals surface area contributed by atoms with Crippen molar-refractivity contribution in [2.75, 3.05) is 20.1 Å². The molecule has 0 aliphatic rings. The highest BCUT2D eigenvalue weighted by Gasteiger charge is 2.16. The summed E-state index contributed by atoms with van der Waals surface area (Å²) in [6.45, 7) is 1.99. The largest absolute Gasteiger partial charge is 0.369 e. The van der Waals surface area contributed by atoms with Crippen molar-refractivity contribution in [3.05, 3.63) is 72.2 Å². The predicted molar refractivity (Wildman–Crippen MR) is 119 cm³/mol. The van der Waals surface area contributed by atoms with Gasteiger partial charge in [-0.25, -0.2) is 4.39 Å². The molecule has 2 aromatic carbocycles. The lowest BCUT2D eigenvalue weighted by molar-refractivity contribution is -0.121. The maximum absolute atomic E-state index is 13.1. The fraction of sp³-hybridized carbons (Fsp3) is 0.304. The average Bonchev–Trinajstić information content (AvgIpc) is 3.16. The molecule has 0 aliphatic carbocycles. The molecule has 158 valence electrons. The van der Waals surface area contributed by atoms with Gasteiger partial charge in [0.2, 0.25) is 5.91 Å². The number of aryl methyl sites for hydroxylation is 1. The normalized spacial score (nSPS) is 12.7. The van der Waals surface area contributed by atoms with Crippen LogP contribution >= 0.6 is 0 Å². The maximum Gasteiger partial charge on any atom is 0.222 e. The fourth-order valence-electron chi connectivity index (χ4n) is 3.41. The molecule has 1 unspecified atom stereocenters. The Bertz CT molecular complexity index is 996. The molecule has 0 radical (unpaired) electrons. The summed E-state index contributed by atoms with van der Waals surface area (Å²) < 4.78 is 15.3. The minimum Gasteiger partial charge on any atom is -0.369 e. The molecule has 1 atom stereocenters. The summed E-state index contributed by atoms with van der Waals surface area (Å²) in [5.41, 5.74) is 7.64. The van der Waals surface area contributed by atoms with Gasteiger partial charge in [-0.2, -0.15) is 0 Å². The van der Waals surface area contributed by atoms with Crippen molar-refractivity contribution in [2.45, 2.75) is 19.4 Å². The first-order valence-electron chi connectivity index (χ1n) is 10.1. The van der Waals surface area contributed by atoms with Gasteiger partial charge in [0.05, 0.1) is 5.92 Å². The van der Waals surface area contributed by atoms with Crippen LogP contribution in [0.4, 0.5) is 4.39 Å². The Morgan fingerprint density at radius 3 is 2.63 bits per heavy atom. The third-order valence-electron chi connectivity index (χ3n) is 5.09. The van der Waals surface area contributed by atoms with E-state index in [4.69, 9.17) is 5.73 Å². The Hall–Kier alpha value is -3.35. The second kappa shape index (κ2) is 10.4. The maximum atomic E-state index is 13.1. The SMILES string of the molecule is CN=C(NCCCn1ccc2ccccc21)NCC(Cc1ccc(F)cc1)C(N)=O. The van der Waals surface area contributed by atoms with Crippen LogP contribution in [0, 0.1) is 11.7 Å². The van der Waals surface area contributed by atoms with Gasteiger partial charge in [-0.3, -0.25) is 9.79 Å². The van der Waals surface area contributed by atoms with Crippen molar-refractivity contribution < 1.29 is 9.18 Å². The van der Waals surface area contributed by atoms with E-state index in [1.54, 1.807) is 19.2 Å². The van der Waals surface area contributed by atoms with Crippen molar-refractivity contribution in [3.8, 4) is 0 Å². The molecule has 0 bridgehead atoms. The Balaban J connectivity index is 1.45. The lowest BCUT2D eigenvalue weighted by atomic mass is 9.98. The number of carbonyl (C=O) groups excluding carboxylic acids is 1. The number of benzene rings is 2. The van der Waals surface area contributed by atoms with Gasteiger partial charge in [0.1, 0.15) is 5.82 Å². The molecule has 30 heavy (non-hydrogen) atoms. The monoisotopic (exact) mass is 409 g/mol. The average molecular weight is 410 g/mol. The predicted octanol–water partition coefficient (Wildman–Crippen LogP) is 2.68. The topological polar surface area (TPSA) is 84.4 Å². The van der Waals surface area contributed by atoms with E-state index in [-0.39, 0.29) is 5.82 Å². The Morgan fingerprint density at radius 2 is 1.90 bits per heavy atom. The molecule has 1 heterocycles. The number of halogens is 1. The van der Waals surface area contributed by atoms with E-state index < -0.39 is 11.8 Å². The number of nitrogens with two attached hydrogens (primary N) is 1. The van der Waals surface area contributed by atoms with Crippen LogP contribution < -0.4 is 16.4 Å². The summed E-state index contributed by atoms with van der Waals surface area (Å²) in [7, 11) is 1.69. The lowest BCUT2D eigenvalue weighted by Crippen LogP contribution is -2.43. The number of primary amides is 1. The molecule has 7 heteroatoms. The van der Waals surface area contributed by atoms with Gasteiger partial charge in [0.25, 0.3) is 0 Å². The zero-order valence-corrected chi connectivity index (χ0v) is 17.1. The minimum absolute atomic E-state index is 0.301. The molecule has 1 aromatic heterocycles. The van der Waals surface area contributed by atoms with E-state index in [0.29, 0.717) is 18.9 Å². The number of hydrogen-bond donors (Lipinski definition) is 3. The highest BCUT2D eigenvalue weighted by molar-refractivity contribution is 5.82. The standard InChI is InChI=1S/C23H28FN5O/c1-26-23(27-12-4-13-29-14-11-18-5-2-3-6-21(18)29)28-16-19(22(25)30)15-17-7-9-20(24)10-8-17/h2-3,5-11,14,19H,4,12-13,15-16H2,1H3,(H2,25,30)(H2,26,27,28). The zero-order chi connectivity index (χ0) is 21.3. The molecule has 1 amide bonds. The van der Waals surface area contributed by atoms with E-state index in [9.17, 15) is 9.18 Å². The Labute approximate surface area is 176 Å². The highest BCUT2D eigenvalue weighted by atomic mass is 19.1. The summed E-state index contributed by atoms with van der Waals surface area (Å²) in [5, 5.41) is 7.67. The van der Waals surface area contributed by atoms with Gasteiger partial charge in [0.15, 0.2) is 5.96 Å². The summed E-state index contributed by atoms with van der Waals surface area (Å²) in [6, 6.07) is 16.5. The van der Waals surface area contributed by atoms with E-state index >= 15 is 0 Å². The van der Waals surface area contributed by atoms with Gasteiger partial charge in [0, 0.05) is 38.4 Å². The first kappa shape index (κ1) is 21.4. The quantitative estimate of drug-likeness (QED) is 0.289. The van der Waals surface area contributed by atoms with Crippen LogP contribution in [0.3, 0.4) is 0 Å². The van der Waals surface area contributed by atoms with Crippen LogP contribution in [0.15, 0.2) is 65.8 Å². The van der Waals surface area contributed by atoms with Crippen molar-refractivity contribution in [3.63, 3.8) is 0 Å². The van der Waals surface area contributed by atoms with Crippen LogP contribution in [0.25, 0.3) is 10.9 Å². The number of rotatable bonds is 9. The molecular weight excluding hydrogens is 381 g/mol. The Morgan fingerprint density at radius 1 is 1.13 bits per heavy atom. The second-order valence-electron chi connectivity index (χ2n) is 7.23. The number of fused-ring (bicyclic) bond motifs is 1. The molecule has 3 aromatic rings. The minimum atomic E-state index is -0.416. The number of hydrogen-bond acceptors (Lipinski definition) is 2. The number of guanidine groups is 1. The number of nitrogens with one attached hydrogen (secondary N) is 2. The number of aliphatic imine (C=N–C) groups is 1. The number of carbonyl (C=O) groups is 1. The van der Waals surface area contributed by atoms with Crippen LogP contribution in [0.5, 0.6) is 0 Å². The van der Waals surface area contributed by atoms with Gasteiger partial charge in [-0.05, 0) is 48.1 Å². The van der Waals surface area contributed by atoms with E-state index in [1.165, 1.54) is 23.0 Å². The highest BCUT2D eigenvalue weighted by Crippen LogP contribution is 2.15. The first-order chi connectivity index (χ1) is 14.6. The van der Waals surface area contributed by atoms with E-state index in [1.807, 2.05) is 12.1 Å². The number of nitrogens with zero attached hydrogens (tertiary/aromatic N) is 2. The second-order valence-corrected chi connectivity index (χ2v) is 7.23. The third kappa shape index (κ3) is 5.83. The van der Waals surface area contributed by atoms with Gasteiger partial charge in [-0.1, -0.05) is 30.3 Å². The van der Waals surface area contributed by atoms with Crippen molar-refractivity contribution in [1.82, 2.24) is 15.2 Å². The molecule has 0 fully saturated rings. The van der Waals surface area contributed by atoms with Crippen LogP contribution in [0.2, 0.25) is 0 Å².